The molecule has 6 heteroatoms. The molecule has 1 aromatic rings. The van der Waals surface area contributed by atoms with Crippen LogP contribution in [0.4, 0.5) is 0 Å². The molecule has 2 amide bonds. The minimum absolute atomic E-state index is 0.0178. The number of carbonyl (C=O) groups excluding carboxylic acids is 3. The molecule has 0 saturated heterocycles. The number of rotatable bonds is 3. The molecule has 0 aliphatic heterocycles. The van der Waals surface area contributed by atoms with Crippen molar-refractivity contribution in [2.75, 3.05) is 7.11 Å². The summed E-state index contributed by atoms with van der Waals surface area (Å²) < 4.78 is 4.59. The monoisotopic (exact) mass is 304 g/mol. The highest BCUT2D eigenvalue weighted by Crippen LogP contribution is 2.23. The molecule has 118 valence electrons. The van der Waals surface area contributed by atoms with Gasteiger partial charge in [-0.2, -0.15) is 0 Å². The van der Waals surface area contributed by atoms with Gasteiger partial charge in [-0.15, -0.1) is 0 Å². The number of methoxy groups -OCH3 is 1. The molecule has 0 atom stereocenters. The van der Waals surface area contributed by atoms with E-state index in [1.807, 2.05) is 0 Å². The lowest BCUT2D eigenvalue weighted by atomic mass is 9.89. The van der Waals surface area contributed by atoms with Crippen molar-refractivity contribution < 1.29 is 19.1 Å². The van der Waals surface area contributed by atoms with E-state index in [2.05, 4.69) is 15.6 Å². The lowest BCUT2D eigenvalue weighted by Gasteiger charge is -2.20. The van der Waals surface area contributed by atoms with Gasteiger partial charge in [0.25, 0.3) is 5.91 Å². The van der Waals surface area contributed by atoms with Crippen LogP contribution in [0.3, 0.4) is 0 Å². The average Bonchev–Trinajstić information content (AvgIpc) is 2.59. The molecular formula is C16H20N2O4. The molecule has 1 saturated carbocycles. The highest BCUT2D eigenvalue weighted by Gasteiger charge is 2.21. The van der Waals surface area contributed by atoms with Gasteiger partial charge in [-0.3, -0.25) is 20.4 Å². The van der Waals surface area contributed by atoms with E-state index in [9.17, 15) is 14.4 Å². The molecule has 1 fully saturated rings. The number of benzene rings is 1. The Morgan fingerprint density at radius 3 is 2.14 bits per heavy atom. The molecule has 0 heterocycles. The standard InChI is InChI=1S/C16H20N2O4/c1-22-16(21)13-9-7-12(8-10-13)15(20)18-17-14(19)11-5-3-2-4-6-11/h7-11H,2-6H2,1H3,(H,17,19)(H,18,20). The van der Waals surface area contributed by atoms with E-state index in [4.69, 9.17) is 0 Å². The van der Waals surface area contributed by atoms with Gasteiger partial charge >= 0.3 is 5.97 Å². The van der Waals surface area contributed by atoms with Crippen molar-refractivity contribution in [2.45, 2.75) is 32.1 Å². The van der Waals surface area contributed by atoms with E-state index < -0.39 is 11.9 Å². The number of amides is 2. The summed E-state index contributed by atoms with van der Waals surface area (Å²) in [4.78, 5) is 35.2. The van der Waals surface area contributed by atoms with Crippen molar-refractivity contribution in [2.24, 2.45) is 5.92 Å². The van der Waals surface area contributed by atoms with Crippen LogP contribution in [0.2, 0.25) is 0 Å². The fraction of sp³-hybridized carbons (Fsp3) is 0.438. The first kappa shape index (κ1) is 16.0. The van der Waals surface area contributed by atoms with Crippen LogP contribution in [0.5, 0.6) is 0 Å². The topological polar surface area (TPSA) is 84.5 Å². The number of nitrogens with one attached hydrogen (secondary N) is 2. The van der Waals surface area contributed by atoms with Gasteiger partial charge in [-0.25, -0.2) is 4.79 Å². The summed E-state index contributed by atoms with van der Waals surface area (Å²) in [5, 5.41) is 0. The van der Waals surface area contributed by atoms with Crippen LogP contribution in [0.25, 0.3) is 0 Å². The Bertz CT molecular complexity index is 548. The Kier molecular flexibility index (Phi) is 5.52. The molecule has 0 aromatic heterocycles. The van der Waals surface area contributed by atoms with E-state index in [1.54, 1.807) is 0 Å². The summed E-state index contributed by atoms with van der Waals surface area (Å²) in [7, 11) is 1.30. The molecule has 1 aliphatic rings. The number of hydrazine groups is 1. The van der Waals surface area contributed by atoms with Gasteiger partial charge < -0.3 is 4.74 Å². The smallest absolute Gasteiger partial charge is 0.337 e. The Hall–Kier alpha value is -2.37. The second kappa shape index (κ2) is 7.59. The number of carbonyl (C=O) groups is 3. The molecule has 2 rings (SSSR count). The maximum Gasteiger partial charge on any atom is 0.337 e. The highest BCUT2D eigenvalue weighted by atomic mass is 16.5. The quantitative estimate of drug-likeness (QED) is 0.659. The van der Waals surface area contributed by atoms with Crippen LogP contribution in [0, 0.1) is 5.92 Å². The maximum atomic E-state index is 11.9. The summed E-state index contributed by atoms with van der Waals surface area (Å²) in [6.07, 6.45) is 5.02. The Morgan fingerprint density at radius 1 is 0.955 bits per heavy atom. The first-order valence-electron chi connectivity index (χ1n) is 7.40. The van der Waals surface area contributed by atoms with Gasteiger partial charge in [0, 0.05) is 11.5 Å². The van der Waals surface area contributed by atoms with E-state index in [0.29, 0.717) is 11.1 Å². The molecule has 2 N–H and O–H groups in total. The van der Waals surface area contributed by atoms with Crippen molar-refractivity contribution in [3.8, 4) is 0 Å². The van der Waals surface area contributed by atoms with Crippen LogP contribution in [-0.4, -0.2) is 24.9 Å². The van der Waals surface area contributed by atoms with Gasteiger partial charge in [0.15, 0.2) is 0 Å². The molecule has 6 nitrogen and oxygen atoms in total. The zero-order chi connectivity index (χ0) is 15.9. The molecule has 1 aromatic carbocycles. The molecule has 22 heavy (non-hydrogen) atoms. The number of ether oxygens (including phenoxy) is 1. The minimum Gasteiger partial charge on any atom is -0.465 e. The van der Waals surface area contributed by atoms with Crippen molar-refractivity contribution in [3.63, 3.8) is 0 Å². The molecule has 0 spiro atoms. The predicted molar refractivity (Wildman–Crippen MR) is 80.0 cm³/mol. The lowest BCUT2D eigenvalue weighted by molar-refractivity contribution is -0.126. The van der Waals surface area contributed by atoms with Crippen LogP contribution in [0.1, 0.15) is 52.8 Å². The van der Waals surface area contributed by atoms with Crippen LogP contribution in [-0.2, 0) is 9.53 Å². The second-order valence-corrected chi connectivity index (χ2v) is 5.35. The summed E-state index contributed by atoms with van der Waals surface area (Å²) in [5.41, 5.74) is 5.60. The van der Waals surface area contributed by atoms with E-state index >= 15 is 0 Å². The molecule has 1 aliphatic carbocycles. The molecule has 0 unspecified atom stereocenters. The number of hydrogen-bond donors (Lipinski definition) is 2. The highest BCUT2D eigenvalue weighted by molar-refractivity contribution is 5.97. The Balaban J connectivity index is 1.86. The summed E-state index contributed by atoms with van der Waals surface area (Å²) >= 11 is 0. The zero-order valence-corrected chi connectivity index (χ0v) is 12.6. The third-order valence-electron chi connectivity index (χ3n) is 3.84. The van der Waals surface area contributed by atoms with E-state index in [0.717, 1.165) is 25.7 Å². The predicted octanol–water partition coefficient (Wildman–Crippen LogP) is 1.81. The van der Waals surface area contributed by atoms with E-state index in [-0.39, 0.29) is 11.8 Å². The van der Waals surface area contributed by atoms with Crippen LogP contribution >= 0.6 is 0 Å². The largest absolute Gasteiger partial charge is 0.465 e. The molecule has 0 radical (unpaired) electrons. The van der Waals surface area contributed by atoms with Crippen LogP contribution in [0.15, 0.2) is 24.3 Å². The Labute approximate surface area is 129 Å². The average molecular weight is 304 g/mol. The van der Waals surface area contributed by atoms with Crippen molar-refractivity contribution in [1.82, 2.24) is 10.9 Å². The van der Waals surface area contributed by atoms with Crippen LogP contribution < -0.4 is 10.9 Å². The fourth-order valence-electron chi connectivity index (χ4n) is 2.53. The van der Waals surface area contributed by atoms with Gasteiger partial charge in [0.05, 0.1) is 12.7 Å². The summed E-state index contributed by atoms with van der Waals surface area (Å²) in [6, 6.07) is 6.02. The first-order valence-corrected chi connectivity index (χ1v) is 7.40. The first-order chi connectivity index (χ1) is 10.6. The third-order valence-corrected chi connectivity index (χ3v) is 3.84. The fourth-order valence-corrected chi connectivity index (χ4v) is 2.53. The number of hydrogen-bond acceptors (Lipinski definition) is 4. The van der Waals surface area contributed by atoms with Gasteiger partial charge in [-0.1, -0.05) is 19.3 Å². The van der Waals surface area contributed by atoms with Gasteiger partial charge in [-0.05, 0) is 37.1 Å². The van der Waals surface area contributed by atoms with E-state index in [1.165, 1.54) is 37.8 Å². The summed E-state index contributed by atoms with van der Waals surface area (Å²) in [6.45, 7) is 0. The van der Waals surface area contributed by atoms with Crippen molar-refractivity contribution in [1.29, 1.82) is 0 Å². The van der Waals surface area contributed by atoms with Crippen molar-refractivity contribution >= 4 is 17.8 Å². The van der Waals surface area contributed by atoms with Gasteiger partial charge in [0.1, 0.15) is 0 Å². The van der Waals surface area contributed by atoms with Gasteiger partial charge in [0.2, 0.25) is 5.91 Å². The van der Waals surface area contributed by atoms with Crippen molar-refractivity contribution in [3.05, 3.63) is 35.4 Å². The molecule has 0 bridgehead atoms. The SMILES string of the molecule is COC(=O)c1ccc(C(=O)NNC(=O)C2CCCCC2)cc1. The second-order valence-electron chi connectivity index (χ2n) is 5.35. The molecular weight excluding hydrogens is 284 g/mol. The maximum absolute atomic E-state index is 11.9. The number of esters is 1. The Morgan fingerprint density at radius 2 is 1.55 bits per heavy atom. The zero-order valence-electron chi connectivity index (χ0n) is 12.6. The normalized spacial score (nSPS) is 15.0. The minimum atomic E-state index is -0.461. The lowest BCUT2D eigenvalue weighted by Crippen LogP contribution is -2.44. The third kappa shape index (κ3) is 4.07. The summed E-state index contributed by atoms with van der Waals surface area (Å²) in [5.74, 6) is -1.03.